The number of esters is 1. The highest BCUT2D eigenvalue weighted by atomic mass is 16.5. The first-order chi connectivity index (χ1) is 8.92. The number of unbranched alkanes of at least 4 members (excludes halogenated alkanes) is 1. The molecule has 110 valence electrons. The Hall–Kier alpha value is -1.79. The number of carbonyl (C=O) groups excluding carboxylic acids is 2. The van der Waals surface area contributed by atoms with E-state index in [0.29, 0.717) is 6.42 Å². The molecule has 0 fully saturated rings. The number of rotatable bonds is 8. The number of carboxylic acid groups (broad SMARTS) is 1. The molecule has 1 atom stereocenters. The number of nitrogens with zero attached hydrogens (tertiary/aromatic N) is 1. The van der Waals surface area contributed by atoms with E-state index in [1.54, 1.807) is 0 Å². The second kappa shape index (κ2) is 9.18. The fraction of sp³-hybridized carbons (Fsp3) is 0.750. The number of methoxy groups -OCH3 is 1. The molecule has 0 spiro atoms. The van der Waals surface area contributed by atoms with E-state index in [-0.39, 0.29) is 13.0 Å². The van der Waals surface area contributed by atoms with Gasteiger partial charge in [-0.1, -0.05) is 19.8 Å². The summed E-state index contributed by atoms with van der Waals surface area (Å²) in [6, 6.07) is -1.40. The molecule has 0 rings (SSSR count). The normalized spacial score (nSPS) is 11.5. The van der Waals surface area contributed by atoms with Crippen LogP contribution in [-0.4, -0.2) is 54.7 Å². The molecule has 19 heavy (non-hydrogen) atoms. The van der Waals surface area contributed by atoms with Crippen molar-refractivity contribution in [2.24, 2.45) is 0 Å². The van der Waals surface area contributed by atoms with Gasteiger partial charge in [-0.25, -0.2) is 9.59 Å². The van der Waals surface area contributed by atoms with Gasteiger partial charge >= 0.3 is 18.0 Å². The number of hydrogen-bond acceptors (Lipinski definition) is 4. The molecular formula is C12H22N2O5. The molecule has 0 aliphatic rings. The van der Waals surface area contributed by atoms with Gasteiger partial charge in [-0.2, -0.15) is 0 Å². The minimum Gasteiger partial charge on any atom is -0.480 e. The third kappa shape index (κ3) is 7.28. The van der Waals surface area contributed by atoms with Crippen molar-refractivity contribution in [1.29, 1.82) is 0 Å². The average Bonchev–Trinajstić information content (AvgIpc) is 2.39. The molecular weight excluding hydrogens is 252 g/mol. The maximum absolute atomic E-state index is 11.7. The summed E-state index contributed by atoms with van der Waals surface area (Å²) >= 11 is 0. The summed E-state index contributed by atoms with van der Waals surface area (Å²) in [5.41, 5.74) is 0. The number of urea groups is 1. The number of ether oxygens (including phenoxy) is 1. The van der Waals surface area contributed by atoms with Gasteiger partial charge in [-0.05, 0) is 6.42 Å². The first-order valence-corrected chi connectivity index (χ1v) is 6.23. The SMILES string of the molecule is CCCC[C@H](NC(=O)N(C)CCC(=O)OC)C(=O)O. The highest BCUT2D eigenvalue weighted by molar-refractivity contribution is 5.82. The van der Waals surface area contributed by atoms with Crippen LogP contribution in [0.15, 0.2) is 0 Å². The van der Waals surface area contributed by atoms with Crippen LogP contribution in [0.4, 0.5) is 4.79 Å². The van der Waals surface area contributed by atoms with Crippen LogP contribution in [0.3, 0.4) is 0 Å². The van der Waals surface area contributed by atoms with Crippen LogP contribution < -0.4 is 5.32 Å². The van der Waals surface area contributed by atoms with Crippen molar-refractivity contribution >= 4 is 18.0 Å². The van der Waals surface area contributed by atoms with Crippen LogP contribution in [-0.2, 0) is 14.3 Å². The molecule has 0 aliphatic carbocycles. The predicted molar refractivity (Wildman–Crippen MR) is 68.7 cm³/mol. The van der Waals surface area contributed by atoms with E-state index < -0.39 is 24.0 Å². The Morgan fingerprint density at radius 1 is 1.37 bits per heavy atom. The molecule has 2 amide bonds. The summed E-state index contributed by atoms with van der Waals surface area (Å²) in [5.74, 6) is -1.47. The van der Waals surface area contributed by atoms with E-state index >= 15 is 0 Å². The molecule has 7 nitrogen and oxygen atoms in total. The van der Waals surface area contributed by atoms with E-state index in [2.05, 4.69) is 10.1 Å². The van der Waals surface area contributed by atoms with Gasteiger partial charge in [0.25, 0.3) is 0 Å². The lowest BCUT2D eigenvalue weighted by atomic mass is 10.1. The van der Waals surface area contributed by atoms with Crippen LogP contribution in [0.5, 0.6) is 0 Å². The van der Waals surface area contributed by atoms with Crippen molar-refractivity contribution in [2.75, 3.05) is 20.7 Å². The molecule has 7 heteroatoms. The lowest BCUT2D eigenvalue weighted by Crippen LogP contribution is -2.47. The summed E-state index contributed by atoms with van der Waals surface area (Å²) in [6.45, 7) is 2.13. The fourth-order valence-corrected chi connectivity index (χ4v) is 1.39. The van der Waals surface area contributed by atoms with Crippen LogP contribution in [0, 0.1) is 0 Å². The number of nitrogens with one attached hydrogen (secondary N) is 1. The number of amides is 2. The Bertz CT molecular complexity index is 319. The Kier molecular flexibility index (Phi) is 8.32. The van der Waals surface area contributed by atoms with Gasteiger partial charge in [0.2, 0.25) is 0 Å². The van der Waals surface area contributed by atoms with E-state index in [1.807, 2.05) is 6.92 Å². The third-order valence-electron chi connectivity index (χ3n) is 2.67. The molecule has 0 aromatic rings. The molecule has 0 aromatic heterocycles. The van der Waals surface area contributed by atoms with Crippen LogP contribution in [0.2, 0.25) is 0 Å². The number of hydrogen-bond donors (Lipinski definition) is 2. The van der Waals surface area contributed by atoms with E-state index in [9.17, 15) is 14.4 Å². The minimum absolute atomic E-state index is 0.0765. The molecule has 0 saturated heterocycles. The fourth-order valence-electron chi connectivity index (χ4n) is 1.39. The second-order valence-electron chi connectivity index (χ2n) is 4.23. The minimum atomic E-state index is -1.05. The predicted octanol–water partition coefficient (Wildman–Crippen LogP) is 0.834. The molecule has 0 heterocycles. The van der Waals surface area contributed by atoms with Crippen LogP contribution in [0.25, 0.3) is 0 Å². The summed E-state index contributed by atoms with van der Waals surface area (Å²) < 4.78 is 4.46. The number of carboxylic acids is 1. The van der Waals surface area contributed by atoms with E-state index in [4.69, 9.17) is 5.11 Å². The molecule has 0 aliphatic heterocycles. The smallest absolute Gasteiger partial charge is 0.326 e. The van der Waals surface area contributed by atoms with Crippen molar-refractivity contribution < 1.29 is 24.2 Å². The topological polar surface area (TPSA) is 95.9 Å². The van der Waals surface area contributed by atoms with E-state index in [0.717, 1.165) is 12.8 Å². The number of aliphatic carboxylic acids is 1. The van der Waals surface area contributed by atoms with E-state index in [1.165, 1.54) is 19.1 Å². The molecule has 2 N–H and O–H groups in total. The quantitative estimate of drug-likeness (QED) is 0.639. The van der Waals surface area contributed by atoms with Gasteiger partial charge in [0, 0.05) is 13.6 Å². The Morgan fingerprint density at radius 2 is 2.00 bits per heavy atom. The highest BCUT2D eigenvalue weighted by Crippen LogP contribution is 2.02. The molecule has 0 unspecified atom stereocenters. The van der Waals surface area contributed by atoms with Gasteiger partial charge in [0.15, 0.2) is 0 Å². The monoisotopic (exact) mass is 274 g/mol. The first kappa shape index (κ1) is 17.2. The lowest BCUT2D eigenvalue weighted by Gasteiger charge is -2.21. The zero-order valence-electron chi connectivity index (χ0n) is 11.6. The Balaban J connectivity index is 4.23. The van der Waals surface area contributed by atoms with Crippen LogP contribution >= 0.6 is 0 Å². The van der Waals surface area contributed by atoms with Crippen molar-refractivity contribution in [3.05, 3.63) is 0 Å². The lowest BCUT2D eigenvalue weighted by molar-refractivity contribution is -0.141. The van der Waals surface area contributed by atoms with Crippen molar-refractivity contribution in [1.82, 2.24) is 10.2 Å². The molecule has 0 aromatic carbocycles. The van der Waals surface area contributed by atoms with Crippen molar-refractivity contribution in [3.63, 3.8) is 0 Å². The van der Waals surface area contributed by atoms with Crippen molar-refractivity contribution in [3.8, 4) is 0 Å². The average molecular weight is 274 g/mol. The summed E-state index contributed by atoms with van der Waals surface area (Å²) in [5, 5.41) is 11.4. The Morgan fingerprint density at radius 3 is 2.47 bits per heavy atom. The standard InChI is InChI=1S/C12H22N2O5/c1-4-5-6-9(11(16)17)13-12(18)14(2)8-7-10(15)19-3/h9H,4-8H2,1-3H3,(H,13,18)(H,16,17)/t9-/m0/s1. The maximum atomic E-state index is 11.7. The van der Waals surface area contributed by atoms with Gasteiger partial charge in [0.1, 0.15) is 6.04 Å². The van der Waals surface area contributed by atoms with Gasteiger partial charge < -0.3 is 20.1 Å². The van der Waals surface area contributed by atoms with Crippen molar-refractivity contribution in [2.45, 2.75) is 38.6 Å². The summed E-state index contributed by atoms with van der Waals surface area (Å²) in [6.07, 6.45) is 2.05. The number of carbonyl (C=O) groups is 3. The zero-order chi connectivity index (χ0) is 14.8. The Labute approximate surface area is 112 Å². The second-order valence-corrected chi connectivity index (χ2v) is 4.23. The van der Waals surface area contributed by atoms with Gasteiger partial charge in [0.05, 0.1) is 13.5 Å². The summed E-state index contributed by atoms with van der Waals surface area (Å²) in [4.78, 5) is 34.9. The maximum Gasteiger partial charge on any atom is 0.326 e. The largest absolute Gasteiger partial charge is 0.480 e. The molecule has 0 bridgehead atoms. The summed E-state index contributed by atoms with van der Waals surface area (Å²) in [7, 11) is 2.77. The van der Waals surface area contributed by atoms with Gasteiger partial charge in [-0.3, -0.25) is 4.79 Å². The zero-order valence-corrected chi connectivity index (χ0v) is 11.6. The van der Waals surface area contributed by atoms with Gasteiger partial charge in [-0.15, -0.1) is 0 Å². The molecule has 0 saturated carbocycles. The highest BCUT2D eigenvalue weighted by Gasteiger charge is 2.21. The third-order valence-corrected chi connectivity index (χ3v) is 2.67. The molecule has 0 radical (unpaired) electrons. The van der Waals surface area contributed by atoms with Crippen LogP contribution in [0.1, 0.15) is 32.6 Å². The first-order valence-electron chi connectivity index (χ1n) is 6.23.